The Bertz CT molecular complexity index is 779. The number of ether oxygens (including phenoxy) is 1. The van der Waals surface area contributed by atoms with Crippen LogP contribution in [0.1, 0.15) is 0 Å². The summed E-state index contributed by atoms with van der Waals surface area (Å²) in [6, 6.07) is 8.83. The molecule has 5 heteroatoms. The van der Waals surface area contributed by atoms with Gasteiger partial charge in [-0.1, -0.05) is 0 Å². The monoisotopic (exact) mass is 254 g/mol. The summed E-state index contributed by atoms with van der Waals surface area (Å²) in [5.74, 6) is 1.02. The first-order valence-corrected chi connectivity index (χ1v) is 5.67. The van der Waals surface area contributed by atoms with Crippen LogP contribution in [0.3, 0.4) is 0 Å². The third-order valence-corrected chi connectivity index (χ3v) is 2.77. The first-order valence-electron chi connectivity index (χ1n) is 5.67. The summed E-state index contributed by atoms with van der Waals surface area (Å²) in [5.41, 5.74) is 0.845. The molecule has 2 aromatic heterocycles. The number of pyridine rings is 1. The summed E-state index contributed by atoms with van der Waals surface area (Å²) < 4.78 is 10.3. The van der Waals surface area contributed by atoms with Crippen molar-refractivity contribution in [3.05, 3.63) is 53.1 Å². The molecule has 0 aliphatic carbocycles. The summed E-state index contributed by atoms with van der Waals surface area (Å²) in [6.07, 6.45) is 3.04. The average Bonchev–Trinajstić information content (AvgIpc) is 2.47. The van der Waals surface area contributed by atoms with E-state index in [9.17, 15) is 4.79 Å². The lowest BCUT2D eigenvalue weighted by Gasteiger charge is -2.02. The zero-order valence-electron chi connectivity index (χ0n) is 10.2. The summed E-state index contributed by atoms with van der Waals surface area (Å²) in [6.45, 7) is 0. The number of aromatic nitrogens is 2. The number of nitrogens with zero attached hydrogens (tertiary/aromatic N) is 2. The maximum atomic E-state index is 11.8. The normalized spacial score (nSPS) is 10.6. The second kappa shape index (κ2) is 4.53. The van der Waals surface area contributed by atoms with Crippen LogP contribution in [0.2, 0.25) is 0 Å². The van der Waals surface area contributed by atoms with Crippen molar-refractivity contribution in [3.63, 3.8) is 0 Å². The molecule has 1 aromatic carbocycles. The second-order valence-electron chi connectivity index (χ2n) is 3.93. The molecule has 0 fully saturated rings. The minimum Gasteiger partial charge on any atom is -0.497 e. The summed E-state index contributed by atoms with van der Waals surface area (Å²) in [5, 5.41) is 0.375. The van der Waals surface area contributed by atoms with Gasteiger partial charge < -0.3 is 9.15 Å². The van der Waals surface area contributed by atoms with Gasteiger partial charge in [-0.15, -0.1) is 0 Å². The van der Waals surface area contributed by atoms with Gasteiger partial charge in [-0.3, -0.25) is 4.98 Å². The molecule has 0 bridgehead atoms. The van der Waals surface area contributed by atoms with Crippen molar-refractivity contribution in [1.29, 1.82) is 0 Å². The Hall–Kier alpha value is -2.69. The lowest BCUT2D eigenvalue weighted by Crippen LogP contribution is -2.03. The highest BCUT2D eigenvalue weighted by Crippen LogP contribution is 2.21. The summed E-state index contributed by atoms with van der Waals surface area (Å²) in [4.78, 5) is 20.0. The molecule has 0 saturated carbocycles. The van der Waals surface area contributed by atoms with Gasteiger partial charge in [0.1, 0.15) is 11.1 Å². The Kier molecular flexibility index (Phi) is 2.72. The average molecular weight is 254 g/mol. The zero-order valence-corrected chi connectivity index (χ0v) is 10.2. The first kappa shape index (κ1) is 11.4. The van der Waals surface area contributed by atoms with Crippen molar-refractivity contribution in [1.82, 2.24) is 9.97 Å². The van der Waals surface area contributed by atoms with Gasteiger partial charge in [-0.25, -0.2) is 9.78 Å². The quantitative estimate of drug-likeness (QED) is 0.701. The Balaban J connectivity index is 2.16. The van der Waals surface area contributed by atoms with Crippen LogP contribution in [-0.2, 0) is 0 Å². The molecular weight excluding hydrogens is 244 g/mol. The number of hydrogen-bond acceptors (Lipinski definition) is 5. The molecule has 0 unspecified atom stereocenters. The lowest BCUT2D eigenvalue weighted by molar-refractivity contribution is 0.415. The molecule has 0 atom stereocenters. The molecule has 94 valence electrons. The molecule has 0 amide bonds. The topological polar surface area (TPSA) is 65.2 Å². The molecule has 0 N–H and O–H groups in total. The smallest absolute Gasteiger partial charge is 0.348 e. The number of rotatable bonds is 2. The predicted molar refractivity (Wildman–Crippen MR) is 70.1 cm³/mol. The van der Waals surface area contributed by atoms with Crippen LogP contribution < -0.4 is 10.4 Å². The third-order valence-electron chi connectivity index (χ3n) is 2.77. The van der Waals surface area contributed by atoms with E-state index < -0.39 is 5.63 Å². The van der Waals surface area contributed by atoms with Gasteiger partial charge in [0.15, 0.2) is 0 Å². The Morgan fingerprint density at radius 2 is 1.95 bits per heavy atom. The minimum absolute atomic E-state index is 0.284. The van der Waals surface area contributed by atoms with E-state index in [1.54, 1.807) is 43.6 Å². The molecule has 0 aliphatic rings. The van der Waals surface area contributed by atoms with E-state index in [1.165, 1.54) is 6.20 Å². The molecule has 19 heavy (non-hydrogen) atoms. The van der Waals surface area contributed by atoms with E-state index in [-0.39, 0.29) is 5.89 Å². The number of fused-ring (bicyclic) bond motifs is 1. The van der Waals surface area contributed by atoms with Gasteiger partial charge in [-0.2, -0.15) is 0 Å². The lowest BCUT2D eigenvalue weighted by atomic mass is 10.2. The van der Waals surface area contributed by atoms with Crippen LogP contribution >= 0.6 is 0 Å². The van der Waals surface area contributed by atoms with E-state index >= 15 is 0 Å². The molecular formula is C14H10N2O3. The van der Waals surface area contributed by atoms with Crippen LogP contribution in [0.25, 0.3) is 22.4 Å². The maximum absolute atomic E-state index is 11.8. The molecule has 5 nitrogen and oxygen atoms in total. The van der Waals surface area contributed by atoms with Gasteiger partial charge in [-0.05, 0) is 30.3 Å². The predicted octanol–water partition coefficient (Wildman–Crippen LogP) is 2.26. The standard InChI is InChI=1S/C14H10N2O3/c1-18-10-4-2-9(3-5-10)13-16-12-6-7-15-8-11(12)14(17)19-13/h2-8H,1H3. The molecule has 0 saturated heterocycles. The number of hydrogen-bond donors (Lipinski definition) is 0. The molecule has 2 heterocycles. The van der Waals surface area contributed by atoms with E-state index in [0.717, 1.165) is 11.3 Å². The molecule has 0 spiro atoms. The van der Waals surface area contributed by atoms with Crippen LogP contribution in [0.5, 0.6) is 5.75 Å². The van der Waals surface area contributed by atoms with E-state index in [1.807, 2.05) is 0 Å². The van der Waals surface area contributed by atoms with Crippen LogP contribution in [0, 0.1) is 0 Å². The van der Waals surface area contributed by atoms with Crippen LogP contribution in [0.15, 0.2) is 51.9 Å². The van der Waals surface area contributed by atoms with Crippen molar-refractivity contribution < 1.29 is 9.15 Å². The number of benzene rings is 1. The Morgan fingerprint density at radius 1 is 1.16 bits per heavy atom. The zero-order chi connectivity index (χ0) is 13.2. The van der Waals surface area contributed by atoms with Gasteiger partial charge in [0, 0.05) is 18.0 Å². The van der Waals surface area contributed by atoms with Crippen LogP contribution in [-0.4, -0.2) is 17.1 Å². The highest BCUT2D eigenvalue weighted by Gasteiger charge is 2.08. The largest absolute Gasteiger partial charge is 0.497 e. The van der Waals surface area contributed by atoms with Crippen molar-refractivity contribution in [2.45, 2.75) is 0 Å². The fourth-order valence-electron chi connectivity index (χ4n) is 1.77. The van der Waals surface area contributed by atoms with Crippen molar-refractivity contribution in [2.24, 2.45) is 0 Å². The number of methoxy groups -OCH3 is 1. The SMILES string of the molecule is COc1ccc(-c2nc3ccncc3c(=O)o2)cc1. The molecule has 0 aliphatic heterocycles. The van der Waals surface area contributed by atoms with E-state index in [2.05, 4.69) is 9.97 Å². The van der Waals surface area contributed by atoms with Gasteiger partial charge in [0.05, 0.1) is 12.6 Å². The minimum atomic E-state index is -0.441. The fourth-order valence-corrected chi connectivity index (χ4v) is 1.77. The van der Waals surface area contributed by atoms with Crippen molar-refractivity contribution >= 4 is 10.9 Å². The molecule has 0 radical (unpaired) electrons. The Morgan fingerprint density at radius 3 is 2.68 bits per heavy atom. The van der Waals surface area contributed by atoms with Crippen LogP contribution in [0.4, 0.5) is 0 Å². The molecule has 3 aromatic rings. The van der Waals surface area contributed by atoms with Gasteiger partial charge >= 0.3 is 5.63 Å². The van der Waals surface area contributed by atoms with Crippen molar-refractivity contribution in [3.8, 4) is 17.2 Å². The summed E-state index contributed by atoms with van der Waals surface area (Å²) >= 11 is 0. The molecule has 3 rings (SSSR count). The highest BCUT2D eigenvalue weighted by atomic mass is 16.5. The van der Waals surface area contributed by atoms with Crippen molar-refractivity contribution in [2.75, 3.05) is 7.11 Å². The third kappa shape index (κ3) is 2.06. The van der Waals surface area contributed by atoms with E-state index in [0.29, 0.717) is 10.9 Å². The second-order valence-corrected chi connectivity index (χ2v) is 3.93. The highest BCUT2D eigenvalue weighted by molar-refractivity contribution is 5.77. The maximum Gasteiger partial charge on any atom is 0.348 e. The van der Waals surface area contributed by atoms with Gasteiger partial charge in [0.2, 0.25) is 5.89 Å². The Labute approximate surface area is 108 Å². The fraction of sp³-hybridized carbons (Fsp3) is 0.0714. The van der Waals surface area contributed by atoms with E-state index in [4.69, 9.17) is 9.15 Å². The first-order chi connectivity index (χ1) is 9.28. The van der Waals surface area contributed by atoms with Gasteiger partial charge in [0.25, 0.3) is 0 Å². The summed E-state index contributed by atoms with van der Waals surface area (Å²) in [7, 11) is 1.59.